The van der Waals surface area contributed by atoms with Crippen LogP contribution in [0.3, 0.4) is 0 Å². The highest BCUT2D eigenvalue weighted by molar-refractivity contribution is 7.09. The lowest BCUT2D eigenvalue weighted by molar-refractivity contribution is -0.120. The van der Waals surface area contributed by atoms with Gasteiger partial charge in [0.2, 0.25) is 5.91 Å². The number of carbonyl (C=O) groups is 2. The molecule has 1 saturated heterocycles. The summed E-state index contributed by atoms with van der Waals surface area (Å²) < 4.78 is 0. The van der Waals surface area contributed by atoms with Gasteiger partial charge in [0.25, 0.3) is 5.91 Å². The van der Waals surface area contributed by atoms with Crippen molar-refractivity contribution in [2.75, 3.05) is 13.1 Å². The largest absolute Gasteiger partial charge is 0.350 e. The molecule has 0 radical (unpaired) electrons. The molecule has 150 valence electrons. The molecule has 3 rings (SSSR count). The third-order valence-corrected chi connectivity index (χ3v) is 6.30. The van der Waals surface area contributed by atoms with E-state index in [1.807, 2.05) is 29.3 Å². The zero-order valence-corrected chi connectivity index (χ0v) is 17.7. The topological polar surface area (TPSA) is 62.3 Å². The Morgan fingerprint density at radius 1 is 1.29 bits per heavy atom. The molecule has 2 amide bonds. The van der Waals surface area contributed by atoms with E-state index >= 15 is 0 Å². The summed E-state index contributed by atoms with van der Waals surface area (Å²) in [5.41, 5.74) is 2.90. The number of amides is 2. The molecule has 1 aliphatic heterocycles. The number of nitrogens with zero attached hydrogens (tertiary/aromatic N) is 2. The maximum absolute atomic E-state index is 12.9. The molecule has 1 aromatic heterocycles. The van der Waals surface area contributed by atoms with Gasteiger partial charge in [-0.15, -0.1) is 11.3 Å². The Morgan fingerprint density at radius 3 is 2.71 bits per heavy atom. The molecule has 0 bridgehead atoms. The molecule has 1 aliphatic rings. The monoisotopic (exact) mass is 399 g/mol. The molecule has 0 unspecified atom stereocenters. The van der Waals surface area contributed by atoms with E-state index in [9.17, 15) is 9.59 Å². The third-order valence-electron chi connectivity index (χ3n) is 5.24. The van der Waals surface area contributed by atoms with Gasteiger partial charge in [-0.2, -0.15) is 0 Å². The first-order chi connectivity index (χ1) is 13.5. The Kier molecular flexibility index (Phi) is 6.83. The van der Waals surface area contributed by atoms with Crippen LogP contribution < -0.4 is 5.32 Å². The van der Waals surface area contributed by atoms with Gasteiger partial charge in [0.1, 0.15) is 0 Å². The average Bonchev–Trinajstić information content (AvgIpc) is 3.20. The number of carbonyl (C=O) groups excluding carboxylic acids is 2. The van der Waals surface area contributed by atoms with Crippen molar-refractivity contribution < 1.29 is 9.59 Å². The molecule has 5 nitrogen and oxygen atoms in total. The molecule has 6 heteroatoms. The van der Waals surface area contributed by atoms with E-state index in [0.717, 1.165) is 35.7 Å². The van der Waals surface area contributed by atoms with Gasteiger partial charge in [-0.3, -0.25) is 9.59 Å². The van der Waals surface area contributed by atoms with Crippen LogP contribution in [0.5, 0.6) is 0 Å². The minimum absolute atomic E-state index is 0.0347. The number of benzene rings is 1. The Balaban J connectivity index is 1.63. The summed E-state index contributed by atoms with van der Waals surface area (Å²) in [7, 11) is 0. The lowest BCUT2D eigenvalue weighted by Gasteiger charge is -2.32. The van der Waals surface area contributed by atoms with Crippen molar-refractivity contribution in [2.45, 2.75) is 58.4 Å². The van der Waals surface area contributed by atoms with Crippen LogP contribution >= 0.6 is 11.3 Å². The highest BCUT2D eigenvalue weighted by Gasteiger charge is 2.27. The fraction of sp³-hybridized carbons (Fsp3) is 0.500. The Hall–Kier alpha value is -2.21. The predicted octanol–water partition coefficient (Wildman–Crippen LogP) is 4.31. The van der Waals surface area contributed by atoms with E-state index in [4.69, 9.17) is 4.98 Å². The highest BCUT2D eigenvalue weighted by Crippen LogP contribution is 2.30. The molecule has 0 aliphatic carbocycles. The normalized spacial score (nSPS) is 17.0. The fourth-order valence-electron chi connectivity index (χ4n) is 3.46. The SMILES string of the molecule is CCC(=O)NCc1csc([C@H]2CCCN(C(=O)c3ccc(C(C)C)cc3)C2)n1. The van der Waals surface area contributed by atoms with Crippen LogP contribution in [-0.2, 0) is 11.3 Å². The number of rotatable bonds is 6. The number of nitrogens with one attached hydrogen (secondary N) is 1. The summed E-state index contributed by atoms with van der Waals surface area (Å²) >= 11 is 1.63. The van der Waals surface area contributed by atoms with E-state index in [0.29, 0.717) is 25.4 Å². The second kappa shape index (κ2) is 9.32. The van der Waals surface area contributed by atoms with Crippen LogP contribution in [0.1, 0.15) is 78.5 Å². The van der Waals surface area contributed by atoms with E-state index in [1.165, 1.54) is 5.56 Å². The average molecular weight is 400 g/mol. The summed E-state index contributed by atoms with van der Waals surface area (Å²) in [6.45, 7) is 8.13. The summed E-state index contributed by atoms with van der Waals surface area (Å²) in [6, 6.07) is 7.99. The van der Waals surface area contributed by atoms with Gasteiger partial charge >= 0.3 is 0 Å². The number of likely N-dealkylation sites (tertiary alicyclic amines) is 1. The van der Waals surface area contributed by atoms with Crippen molar-refractivity contribution in [3.05, 3.63) is 51.5 Å². The van der Waals surface area contributed by atoms with Gasteiger partial charge in [-0.05, 0) is 36.5 Å². The molecule has 28 heavy (non-hydrogen) atoms. The van der Waals surface area contributed by atoms with Crippen molar-refractivity contribution in [3.63, 3.8) is 0 Å². The molecule has 1 fully saturated rings. The van der Waals surface area contributed by atoms with Gasteiger partial charge in [0.05, 0.1) is 17.2 Å². The molecule has 1 N–H and O–H groups in total. The van der Waals surface area contributed by atoms with Crippen molar-refractivity contribution in [1.29, 1.82) is 0 Å². The van der Waals surface area contributed by atoms with E-state index in [1.54, 1.807) is 11.3 Å². The molecule has 1 aromatic carbocycles. The van der Waals surface area contributed by atoms with Gasteiger partial charge in [0, 0.05) is 36.4 Å². The second-order valence-electron chi connectivity index (χ2n) is 7.67. The van der Waals surface area contributed by atoms with Crippen molar-refractivity contribution in [2.24, 2.45) is 0 Å². The zero-order valence-electron chi connectivity index (χ0n) is 16.9. The lowest BCUT2D eigenvalue weighted by Crippen LogP contribution is -2.39. The molecular weight excluding hydrogens is 370 g/mol. The van der Waals surface area contributed by atoms with Gasteiger partial charge < -0.3 is 10.2 Å². The van der Waals surface area contributed by atoms with E-state index in [-0.39, 0.29) is 17.7 Å². The first kappa shape index (κ1) is 20.5. The van der Waals surface area contributed by atoms with Crippen molar-refractivity contribution in [3.8, 4) is 0 Å². The summed E-state index contributed by atoms with van der Waals surface area (Å²) in [5.74, 6) is 0.873. The Morgan fingerprint density at radius 2 is 2.04 bits per heavy atom. The number of hydrogen-bond donors (Lipinski definition) is 1. The number of aromatic nitrogens is 1. The predicted molar refractivity (Wildman–Crippen MR) is 113 cm³/mol. The second-order valence-corrected chi connectivity index (χ2v) is 8.56. The molecular formula is C22H29N3O2S. The van der Waals surface area contributed by atoms with Crippen LogP contribution in [0.25, 0.3) is 0 Å². The van der Waals surface area contributed by atoms with Crippen molar-refractivity contribution in [1.82, 2.24) is 15.2 Å². The lowest BCUT2D eigenvalue weighted by atomic mass is 9.97. The smallest absolute Gasteiger partial charge is 0.253 e. The van der Waals surface area contributed by atoms with E-state index in [2.05, 4.69) is 31.3 Å². The Bertz CT molecular complexity index is 813. The summed E-state index contributed by atoms with van der Waals surface area (Å²) in [6.07, 6.45) is 2.52. The quantitative estimate of drug-likeness (QED) is 0.787. The van der Waals surface area contributed by atoms with Crippen molar-refractivity contribution >= 4 is 23.2 Å². The van der Waals surface area contributed by atoms with Crippen LogP contribution in [-0.4, -0.2) is 34.8 Å². The molecule has 2 aromatic rings. The van der Waals surface area contributed by atoms with Gasteiger partial charge in [-0.25, -0.2) is 4.98 Å². The zero-order chi connectivity index (χ0) is 20.1. The minimum atomic E-state index is 0.0347. The molecule has 0 saturated carbocycles. The summed E-state index contributed by atoms with van der Waals surface area (Å²) in [4.78, 5) is 31.0. The molecule has 2 heterocycles. The highest BCUT2D eigenvalue weighted by atomic mass is 32.1. The fourth-order valence-corrected chi connectivity index (χ4v) is 4.41. The van der Waals surface area contributed by atoms with Gasteiger partial charge in [0.15, 0.2) is 0 Å². The number of piperidine rings is 1. The molecule has 1 atom stereocenters. The maximum Gasteiger partial charge on any atom is 0.253 e. The van der Waals surface area contributed by atoms with Crippen LogP contribution in [0.2, 0.25) is 0 Å². The first-order valence-corrected chi connectivity index (χ1v) is 11.0. The van der Waals surface area contributed by atoms with Crippen LogP contribution in [0.4, 0.5) is 0 Å². The molecule has 0 spiro atoms. The van der Waals surface area contributed by atoms with E-state index < -0.39 is 0 Å². The number of thiazole rings is 1. The van der Waals surface area contributed by atoms with Crippen LogP contribution in [0.15, 0.2) is 29.6 Å². The van der Waals surface area contributed by atoms with Gasteiger partial charge in [-0.1, -0.05) is 32.9 Å². The van der Waals surface area contributed by atoms with Crippen LogP contribution in [0, 0.1) is 0 Å². The summed E-state index contributed by atoms with van der Waals surface area (Å²) in [5, 5.41) is 5.94. The standard InChI is InChI=1S/C22H29N3O2S/c1-4-20(26)23-12-19-14-28-21(24-19)18-6-5-11-25(13-18)22(27)17-9-7-16(8-10-17)15(2)3/h7-10,14-15,18H,4-6,11-13H2,1-3H3,(H,23,26)/t18-/m0/s1. The Labute approximate surface area is 171 Å². The third kappa shape index (κ3) is 4.98. The number of hydrogen-bond acceptors (Lipinski definition) is 4. The first-order valence-electron chi connectivity index (χ1n) is 10.1. The maximum atomic E-state index is 12.9. The minimum Gasteiger partial charge on any atom is -0.350 e.